The Morgan fingerprint density at radius 2 is 1.88 bits per heavy atom. The van der Waals surface area contributed by atoms with Gasteiger partial charge >= 0.3 is 18.3 Å². The molecule has 0 spiro atoms. The Morgan fingerprint density at radius 3 is 2.54 bits per heavy atom. The summed E-state index contributed by atoms with van der Waals surface area (Å²) < 4.78 is 59.9. The van der Waals surface area contributed by atoms with Crippen LogP contribution in [-0.4, -0.2) is 103 Å². The number of likely N-dealkylation sites (tertiary alicyclic amines) is 1. The molecule has 15 heteroatoms. The molecule has 0 saturated carbocycles. The second kappa shape index (κ2) is 14.5. The number of aromatic nitrogens is 2. The molecule has 3 atom stereocenters. The fraction of sp³-hybridized carbons (Fsp3) is 0.636. The molecule has 1 amide bonds. The number of carbonyl (C=O) groups is 1. The molecule has 2 saturated heterocycles. The lowest BCUT2D eigenvalue weighted by atomic mass is 10.0. The first kappa shape index (κ1) is 35.8. The number of nitrogens with zero attached hydrogens (tertiary/aromatic N) is 7. The number of methoxy groups -OCH3 is 1. The van der Waals surface area contributed by atoms with Gasteiger partial charge < -0.3 is 28.9 Å². The number of carbonyl (C=O) groups excluding carboxylic acids is 1. The van der Waals surface area contributed by atoms with Crippen LogP contribution in [-0.2, 0) is 28.6 Å². The van der Waals surface area contributed by atoms with E-state index >= 15 is 0 Å². The lowest BCUT2D eigenvalue weighted by Crippen LogP contribution is -2.56. The van der Waals surface area contributed by atoms with Crippen LogP contribution in [0.1, 0.15) is 57.4 Å². The monoisotopic (exact) mass is 693 g/mol. The van der Waals surface area contributed by atoms with Crippen molar-refractivity contribution in [3.05, 3.63) is 40.0 Å². The zero-order chi connectivity index (χ0) is 34.8. The van der Waals surface area contributed by atoms with Gasteiger partial charge in [0.1, 0.15) is 18.0 Å². The molecule has 3 aliphatic rings. The maximum absolute atomic E-state index is 14.1. The lowest BCUT2D eigenvalue weighted by Gasteiger charge is -2.42. The third-order valence-corrected chi connectivity index (χ3v) is 9.32. The summed E-state index contributed by atoms with van der Waals surface area (Å²) in [7, 11) is 1.69. The first-order chi connectivity index (χ1) is 22.7. The van der Waals surface area contributed by atoms with Crippen LogP contribution in [0.2, 0.25) is 5.02 Å². The van der Waals surface area contributed by atoms with Crippen LogP contribution >= 0.6 is 11.6 Å². The molecule has 48 heavy (non-hydrogen) atoms. The zero-order valence-corrected chi connectivity index (χ0v) is 28.8. The van der Waals surface area contributed by atoms with Crippen LogP contribution in [0.4, 0.5) is 29.5 Å². The highest BCUT2D eigenvalue weighted by molar-refractivity contribution is 6.31. The summed E-state index contributed by atoms with van der Waals surface area (Å²) >= 11 is 6.07. The summed E-state index contributed by atoms with van der Waals surface area (Å²) in [5.74, 6) is 0.595. The molecule has 3 aliphatic heterocycles. The van der Waals surface area contributed by atoms with Gasteiger partial charge in [-0.2, -0.15) is 28.4 Å². The maximum Gasteiger partial charge on any atom is 0.419 e. The number of piperazine rings is 1. The normalized spacial score (nSPS) is 22.0. The topological polar surface area (TPSA) is 107 Å². The second-order valence-electron chi connectivity index (χ2n) is 13.3. The molecule has 0 radical (unpaired) electrons. The zero-order valence-electron chi connectivity index (χ0n) is 28.0. The summed E-state index contributed by atoms with van der Waals surface area (Å²) in [6.07, 6.45) is -3.80. The number of hydrogen-bond acceptors (Lipinski definition) is 10. The molecule has 11 nitrogen and oxygen atoms in total. The Hall–Kier alpha value is -3.54. The van der Waals surface area contributed by atoms with Crippen molar-refractivity contribution in [2.24, 2.45) is 0 Å². The number of likely N-dealkylation sites (N-methyl/N-ethyl adjacent to an activating group) is 1. The smallest absolute Gasteiger partial charge is 0.419 e. The number of anilines is 2. The Labute approximate surface area is 284 Å². The van der Waals surface area contributed by atoms with E-state index in [1.807, 2.05) is 4.90 Å². The van der Waals surface area contributed by atoms with E-state index in [0.29, 0.717) is 44.2 Å². The van der Waals surface area contributed by atoms with Crippen molar-refractivity contribution >= 4 is 29.2 Å². The molecule has 0 unspecified atom stereocenters. The molecule has 1 aromatic heterocycles. The lowest BCUT2D eigenvalue weighted by molar-refractivity contribution is -0.137. The molecule has 4 heterocycles. The molecular formula is C33H43ClF3N7O4. The van der Waals surface area contributed by atoms with Gasteiger partial charge in [-0.15, -0.1) is 0 Å². The van der Waals surface area contributed by atoms with Crippen LogP contribution < -0.4 is 14.5 Å². The Balaban J connectivity index is 1.47. The largest absolute Gasteiger partial charge is 0.462 e. The number of nitriles is 1. The average molecular weight is 694 g/mol. The number of fused-ring (bicyclic) bond motifs is 1. The van der Waals surface area contributed by atoms with Gasteiger partial charge in [-0.1, -0.05) is 24.6 Å². The molecule has 0 aliphatic carbocycles. The van der Waals surface area contributed by atoms with E-state index in [1.165, 1.54) is 18.2 Å². The molecular weight excluding hydrogens is 651 g/mol. The number of benzene rings is 1. The number of hydrogen-bond donors (Lipinski definition) is 0. The molecule has 0 N–H and O–H groups in total. The number of alkyl halides is 3. The molecule has 2 aromatic rings. The van der Waals surface area contributed by atoms with Gasteiger partial charge in [0.15, 0.2) is 0 Å². The van der Waals surface area contributed by atoms with Gasteiger partial charge in [-0.25, -0.2) is 4.79 Å². The fourth-order valence-electron chi connectivity index (χ4n) is 6.71. The van der Waals surface area contributed by atoms with E-state index in [0.717, 1.165) is 25.1 Å². The van der Waals surface area contributed by atoms with Crippen LogP contribution in [0.15, 0.2) is 18.2 Å². The summed E-state index contributed by atoms with van der Waals surface area (Å²) in [5, 5.41) is 9.27. The maximum atomic E-state index is 14.1. The molecule has 1 aromatic carbocycles. The van der Waals surface area contributed by atoms with Crippen molar-refractivity contribution in [1.29, 1.82) is 5.26 Å². The summed E-state index contributed by atoms with van der Waals surface area (Å²) in [6, 6.07) is 6.10. The van der Waals surface area contributed by atoms with Crippen LogP contribution in [0, 0.1) is 11.3 Å². The molecule has 0 bridgehead atoms. The highest BCUT2D eigenvalue weighted by Crippen LogP contribution is 2.43. The van der Waals surface area contributed by atoms with E-state index in [4.69, 9.17) is 35.8 Å². The van der Waals surface area contributed by atoms with Crippen LogP contribution in [0.25, 0.3) is 0 Å². The van der Waals surface area contributed by atoms with Crippen molar-refractivity contribution in [1.82, 2.24) is 19.8 Å². The molecule has 2 fully saturated rings. The SMILES string of the molecule is CCN1C[C@H](OC)C[C@H]1COc1nc2c(c(N3CCN(C(=O)OC(C)(C)C)[C@@H](CC#N)C3)n1)CCN(c1cccc(Cl)c1C(F)(F)F)C2. The van der Waals surface area contributed by atoms with E-state index < -0.39 is 29.5 Å². The van der Waals surface area contributed by atoms with E-state index in [9.17, 15) is 23.2 Å². The van der Waals surface area contributed by atoms with Gasteiger partial charge in [0.05, 0.1) is 53.1 Å². The third kappa shape index (κ3) is 8.01. The van der Waals surface area contributed by atoms with Crippen molar-refractivity contribution in [2.45, 2.75) is 83.5 Å². The number of rotatable bonds is 8. The first-order valence-corrected chi connectivity index (χ1v) is 16.6. The first-order valence-electron chi connectivity index (χ1n) is 16.2. The second-order valence-corrected chi connectivity index (χ2v) is 13.7. The number of halogens is 4. The van der Waals surface area contributed by atoms with Crippen molar-refractivity contribution in [2.75, 3.05) is 62.8 Å². The summed E-state index contributed by atoms with van der Waals surface area (Å²) in [6.45, 7) is 10.7. The Morgan fingerprint density at radius 1 is 1.10 bits per heavy atom. The van der Waals surface area contributed by atoms with Crippen LogP contribution in [0.3, 0.4) is 0 Å². The van der Waals surface area contributed by atoms with Gasteiger partial charge in [-0.05, 0) is 52.3 Å². The third-order valence-electron chi connectivity index (χ3n) is 9.01. The minimum Gasteiger partial charge on any atom is -0.462 e. The van der Waals surface area contributed by atoms with E-state index in [2.05, 4.69) is 17.9 Å². The predicted octanol–water partition coefficient (Wildman–Crippen LogP) is 5.54. The van der Waals surface area contributed by atoms with Crippen LogP contribution in [0.5, 0.6) is 6.01 Å². The predicted molar refractivity (Wildman–Crippen MR) is 174 cm³/mol. The fourth-order valence-corrected chi connectivity index (χ4v) is 6.98. The standard InChI is InChI=1S/C33H43ClF3N7O4/c1-6-41-18-23(46-5)16-22(41)20-47-30-39-26-19-42(27-9-7-8-25(34)28(27)33(35,36)37)13-11-24(26)29(40-30)43-14-15-44(21(17-43)10-12-38)31(45)48-32(2,3)4/h7-9,21-23H,6,10-11,13-20H2,1-5H3/t21-,22-,23+/m0/s1. The highest BCUT2D eigenvalue weighted by atomic mass is 35.5. The Kier molecular flexibility index (Phi) is 10.8. The quantitative estimate of drug-likeness (QED) is 0.350. The van der Waals surface area contributed by atoms with E-state index in [1.54, 1.807) is 37.7 Å². The summed E-state index contributed by atoms with van der Waals surface area (Å²) in [5.41, 5.74) is -0.244. The minimum absolute atomic E-state index is 0.0153. The van der Waals surface area contributed by atoms with Gasteiger partial charge in [0.25, 0.3) is 0 Å². The van der Waals surface area contributed by atoms with Gasteiger partial charge in [-0.3, -0.25) is 4.90 Å². The average Bonchev–Trinajstić information content (AvgIpc) is 3.44. The number of amides is 1. The van der Waals surface area contributed by atoms with E-state index in [-0.39, 0.29) is 48.4 Å². The van der Waals surface area contributed by atoms with Crippen molar-refractivity contribution in [3.63, 3.8) is 0 Å². The molecule has 262 valence electrons. The number of ether oxygens (including phenoxy) is 3. The Bertz CT molecular complexity index is 1520. The van der Waals surface area contributed by atoms with Gasteiger partial charge in [0, 0.05) is 51.4 Å². The minimum atomic E-state index is -4.64. The highest BCUT2D eigenvalue weighted by Gasteiger charge is 2.40. The van der Waals surface area contributed by atoms with Gasteiger partial charge in [0.2, 0.25) is 0 Å². The molecule has 5 rings (SSSR count). The van der Waals surface area contributed by atoms with Crippen molar-refractivity contribution in [3.8, 4) is 12.1 Å². The van der Waals surface area contributed by atoms with Crippen molar-refractivity contribution < 1.29 is 32.2 Å². The summed E-state index contributed by atoms with van der Waals surface area (Å²) in [4.78, 5) is 30.2.